The molecule has 0 fully saturated rings. The van der Waals surface area contributed by atoms with Crippen molar-refractivity contribution in [2.75, 3.05) is 37.1 Å². The molecule has 0 saturated heterocycles. The Labute approximate surface area is 270 Å². The fraction of sp³-hybridized carbons (Fsp3) is 0.294. The molecule has 2 aliphatic heterocycles. The zero-order valence-corrected chi connectivity index (χ0v) is 26.1. The highest BCUT2D eigenvalue weighted by atomic mass is 16.5. The number of fused-ring (bicyclic) bond motifs is 5. The van der Waals surface area contributed by atoms with Crippen molar-refractivity contribution >= 4 is 51.6 Å². The molecule has 240 valence electrons. The number of methoxy groups -OCH3 is 2. The van der Waals surface area contributed by atoms with Gasteiger partial charge in [-0.25, -0.2) is 9.78 Å². The minimum Gasteiger partial charge on any atom is -0.481 e. The first-order valence-corrected chi connectivity index (χ1v) is 15.2. The number of carbonyl (C=O) groups is 3. The molecule has 47 heavy (non-hydrogen) atoms. The van der Waals surface area contributed by atoms with Crippen LogP contribution in [0.1, 0.15) is 55.5 Å². The molecule has 4 aromatic rings. The number of carbonyl (C=O) groups excluding carboxylic acids is 3. The van der Waals surface area contributed by atoms with Crippen LogP contribution in [0.5, 0.6) is 5.88 Å². The van der Waals surface area contributed by atoms with Gasteiger partial charge in [0.05, 0.1) is 48.7 Å². The Kier molecular flexibility index (Phi) is 8.50. The van der Waals surface area contributed by atoms with Crippen LogP contribution in [0.25, 0.3) is 27.7 Å². The number of hydrogen-bond donors (Lipinski definition) is 3. The molecule has 3 amide bonds. The summed E-state index contributed by atoms with van der Waals surface area (Å²) in [4.78, 5) is 45.7. The van der Waals surface area contributed by atoms with Gasteiger partial charge in [0.1, 0.15) is 0 Å². The van der Waals surface area contributed by atoms with E-state index in [-0.39, 0.29) is 23.6 Å². The summed E-state index contributed by atoms with van der Waals surface area (Å²) in [6.45, 7) is 2.21. The molecule has 13 nitrogen and oxygen atoms in total. The van der Waals surface area contributed by atoms with Crippen molar-refractivity contribution < 1.29 is 28.4 Å². The summed E-state index contributed by atoms with van der Waals surface area (Å²) >= 11 is 0. The van der Waals surface area contributed by atoms with Gasteiger partial charge in [-0.3, -0.25) is 14.9 Å². The minimum absolute atomic E-state index is 0.169. The van der Waals surface area contributed by atoms with Gasteiger partial charge in [0, 0.05) is 41.4 Å². The highest BCUT2D eigenvalue weighted by molar-refractivity contribution is 6.04. The topological polar surface area (TPSA) is 186 Å². The van der Waals surface area contributed by atoms with Crippen LogP contribution in [0, 0.1) is 17.2 Å². The van der Waals surface area contributed by atoms with Crippen molar-refractivity contribution in [2.45, 2.75) is 38.6 Å². The monoisotopic (exact) mass is 635 g/mol. The van der Waals surface area contributed by atoms with Crippen molar-refractivity contribution in [2.24, 2.45) is 5.92 Å². The molecule has 6 rings (SSSR count). The second kappa shape index (κ2) is 12.8. The SMILES string of the molecule is COC(=O)Nc1ccc2c(c1)NC(=O)C(C)CCC[C@H](N1CCC(c3c(C#N)ccc4c(N)noc34)=CC1=O)c1cc-2cc(OC)n1. The summed E-state index contributed by atoms with van der Waals surface area (Å²) in [5, 5.41) is 20.0. The van der Waals surface area contributed by atoms with Crippen LogP contribution in [0.15, 0.2) is 53.1 Å². The van der Waals surface area contributed by atoms with Gasteiger partial charge in [0.15, 0.2) is 11.4 Å². The number of aromatic nitrogens is 2. The summed E-state index contributed by atoms with van der Waals surface area (Å²) in [7, 11) is 2.79. The number of nitrogen functional groups attached to an aromatic ring is 1. The number of anilines is 3. The second-order valence-electron chi connectivity index (χ2n) is 11.5. The number of nitrogens with one attached hydrogen (secondary N) is 2. The Hall–Kier alpha value is -5.90. The fourth-order valence-electron chi connectivity index (χ4n) is 6.17. The van der Waals surface area contributed by atoms with E-state index in [1.165, 1.54) is 20.3 Å². The number of nitrogens with zero attached hydrogens (tertiary/aromatic N) is 4. The average molecular weight is 636 g/mol. The van der Waals surface area contributed by atoms with Crippen molar-refractivity contribution in [1.82, 2.24) is 15.0 Å². The molecule has 2 aromatic heterocycles. The lowest BCUT2D eigenvalue weighted by molar-refractivity contribution is -0.129. The molecule has 2 bridgehead atoms. The fourth-order valence-corrected chi connectivity index (χ4v) is 6.17. The molecule has 2 aliphatic rings. The molecule has 0 aliphatic carbocycles. The number of ether oxygens (including phenoxy) is 2. The summed E-state index contributed by atoms with van der Waals surface area (Å²) in [6, 6.07) is 13.9. The third kappa shape index (κ3) is 6.05. The third-order valence-electron chi connectivity index (χ3n) is 8.64. The first-order chi connectivity index (χ1) is 22.7. The summed E-state index contributed by atoms with van der Waals surface area (Å²) in [5.74, 6) is -0.187. The second-order valence-corrected chi connectivity index (χ2v) is 11.5. The first-order valence-electron chi connectivity index (χ1n) is 15.2. The molecule has 1 unspecified atom stereocenters. The number of rotatable bonds is 4. The molecule has 4 N–H and O–H groups in total. The molecule has 2 aromatic carbocycles. The van der Waals surface area contributed by atoms with E-state index >= 15 is 0 Å². The number of amides is 3. The Bertz CT molecular complexity index is 1980. The summed E-state index contributed by atoms with van der Waals surface area (Å²) in [6.07, 6.45) is 3.11. The number of nitriles is 1. The lowest BCUT2D eigenvalue weighted by Crippen LogP contribution is -2.38. The molecular formula is C34H33N7O6. The van der Waals surface area contributed by atoms with Gasteiger partial charge < -0.3 is 29.9 Å². The number of benzene rings is 2. The maximum atomic E-state index is 13.9. The normalized spacial score (nSPS) is 18.2. The van der Waals surface area contributed by atoms with Gasteiger partial charge in [0.25, 0.3) is 0 Å². The lowest BCUT2D eigenvalue weighted by atomic mass is 9.91. The standard InChI is InChI=1S/C34H33N7O6/c1-18-5-4-6-27(41-12-11-19(15-29(41)42)30-20(17-35)7-9-24-31(30)47-40-32(24)36)26-13-21(14-28(38-26)45-2)23-10-8-22(37-34(44)46-3)16-25(23)39-33(18)43/h7-10,13-16,18,27H,4-6,11-12H2,1-3H3,(H2,36,40)(H,37,44)(H,39,43)/t18?,27-/m0/s1. The molecular weight excluding hydrogens is 602 g/mol. The Morgan fingerprint density at radius 3 is 2.74 bits per heavy atom. The predicted octanol–water partition coefficient (Wildman–Crippen LogP) is 5.65. The molecule has 13 heteroatoms. The summed E-state index contributed by atoms with van der Waals surface area (Å²) in [5.41, 5.74) is 10.8. The van der Waals surface area contributed by atoms with E-state index < -0.39 is 12.1 Å². The number of hydrogen-bond acceptors (Lipinski definition) is 10. The molecule has 4 heterocycles. The van der Waals surface area contributed by atoms with Crippen molar-refractivity contribution in [3.63, 3.8) is 0 Å². The highest BCUT2D eigenvalue weighted by Gasteiger charge is 2.32. The van der Waals surface area contributed by atoms with E-state index in [9.17, 15) is 19.6 Å². The largest absolute Gasteiger partial charge is 0.481 e. The van der Waals surface area contributed by atoms with Crippen molar-refractivity contribution in [3.8, 4) is 23.1 Å². The maximum Gasteiger partial charge on any atom is 0.411 e. The predicted molar refractivity (Wildman–Crippen MR) is 174 cm³/mol. The Morgan fingerprint density at radius 2 is 2.00 bits per heavy atom. The van der Waals surface area contributed by atoms with Crippen LogP contribution in [-0.4, -0.2) is 53.7 Å². The average Bonchev–Trinajstić information content (AvgIpc) is 3.45. The lowest BCUT2D eigenvalue weighted by Gasteiger charge is -2.35. The van der Waals surface area contributed by atoms with Crippen molar-refractivity contribution in [3.05, 3.63) is 65.4 Å². The van der Waals surface area contributed by atoms with Gasteiger partial charge in [-0.15, -0.1) is 0 Å². The Morgan fingerprint density at radius 1 is 1.17 bits per heavy atom. The van der Waals surface area contributed by atoms with E-state index in [1.54, 1.807) is 41.3 Å². The zero-order chi connectivity index (χ0) is 33.2. The van der Waals surface area contributed by atoms with Crippen LogP contribution in [-0.2, 0) is 14.3 Å². The van der Waals surface area contributed by atoms with Crippen LogP contribution < -0.4 is 21.1 Å². The van der Waals surface area contributed by atoms with Crippen LogP contribution in [0.2, 0.25) is 0 Å². The van der Waals surface area contributed by atoms with Crippen LogP contribution in [0.3, 0.4) is 0 Å². The Balaban J connectivity index is 1.42. The molecule has 0 saturated carbocycles. The third-order valence-corrected chi connectivity index (χ3v) is 8.64. The molecule has 0 spiro atoms. The number of nitrogens with two attached hydrogens (primary N) is 1. The van der Waals surface area contributed by atoms with Crippen LogP contribution >= 0.6 is 0 Å². The van der Waals surface area contributed by atoms with Crippen LogP contribution in [0.4, 0.5) is 22.0 Å². The van der Waals surface area contributed by atoms with Gasteiger partial charge in [-0.1, -0.05) is 24.6 Å². The van der Waals surface area contributed by atoms with Gasteiger partial charge in [-0.05, 0) is 60.7 Å². The zero-order valence-electron chi connectivity index (χ0n) is 26.1. The highest BCUT2D eigenvalue weighted by Crippen LogP contribution is 2.40. The van der Waals surface area contributed by atoms with E-state index in [2.05, 4.69) is 21.9 Å². The quantitative estimate of drug-likeness (QED) is 0.253. The first kappa shape index (κ1) is 31.1. The maximum absolute atomic E-state index is 13.9. The summed E-state index contributed by atoms with van der Waals surface area (Å²) < 4.78 is 15.8. The van der Waals surface area contributed by atoms with Crippen molar-refractivity contribution in [1.29, 1.82) is 5.26 Å². The minimum atomic E-state index is -0.637. The van der Waals surface area contributed by atoms with E-state index in [4.69, 9.17) is 24.7 Å². The molecule has 0 radical (unpaired) electrons. The van der Waals surface area contributed by atoms with E-state index in [1.807, 2.05) is 13.0 Å². The van der Waals surface area contributed by atoms with Gasteiger partial charge in [0.2, 0.25) is 17.7 Å². The smallest absolute Gasteiger partial charge is 0.411 e. The van der Waals surface area contributed by atoms with Gasteiger partial charge in [-0.2, -0.15) is 5.26 Å². The van der Waals surface area contributed by atoms with E-state index in [0.717, 1.165) is 0 Å². The van der Waals surface area contributed by atoms with Gasteiger partial charge >= 0.3 is 6.09 Å². The van der Waals surface area contributed by atoms with E-state index in [0.29, 0.717) is 94.0 Å². The number of pyridine rings is 1. The molecule has 2 atom stereocenters.